The second-order valence-corrected chi connectivity index (χ2v) is 11.4. The molecule has 4 rings (SSSR count). The molecule has 3 aromatic rings. The molecule has 1 aliphatic carbocycles. The van der Waals surface area contributed by atoms with E-state index in [1.54, 1.807) is 14.0 Å². The summed E-state index contributed by atoms with van der Waals surface area (Å²) < 4.78 is 30.3. The Kier molecular flexibility index (Phi) is 8.80. The number of anilines is 1. The number of aryl methyl sites for hydroxylation is 1. The Bertz CT molecular complexity index is 1480. The Morgan fingerprint density at radius 3 is 2.34 bits per heavy atom. The second-order valence-electron chi connectivity index (χ2n) is 11.4. The summed E-state index contributed by atoms with van der Waals surface area (Å²) >= 11 is 0. The summed E-state index contributed by atoms with van der Waals surface area (Å²) in [6.07, 6.45) is 2.47. The minimum Gasteiger partial charge on any atom is -0.497 e. The zero-order chi connectivity index (χ0) is 29.9. The van der Waals surface area contributed by atoms with Crippen molar-refractivity contribution in [2.75, 3.05) is 12.4 Å². The van der Waals surface area contributed by atoms with Crippen LogP contribution in [0.25, 0.3) is 0 Å². The topological polar surface area (TPSA) is 90.9 Å². The van der Waals surface area contributed by atoms with Crippen molar-refractivity contribution in [3.05, 3.63) is 82.7 Å². The Morgan fingerprint density at radius 2 is 1.68 bits per heavy atom. The van der Waals surface area contributed by atoms with E-state index in [0.29, 0.717) is 11.5 Å². The highest BCUT2D eigenvalue weighted by atomic mass is 19.1. The van der Waals surface area contributed by atoms with Gasteiger partial charge < -0.3 is 19.5 Å². The Labute approximate surface area is 240 Å². The number of esters is 2. The van der Waals surface area contributed by atoms with Crippen LogP contribution in [0.15, 0.2) is 54.6 Å². The highest BCUT2D eigenvalue weighted by Crippen LogP contribution is 2.39. The highest BCUT2D eigenvalue weighted by molar-refractivity contribution is 6.01. The molecule has 0 fully saturated rings. The largest absolute Gasteiger partial charge is 0.497 e. The first-order chi connectivity index (χ1) is 19.3. The lowest BCUT2D eigenvalue weighted by atomic mass is 9.79. The maximum Gasteiger partial charge on any atom is 0.316 e. The SMILES string of the molecule is COc1ccc(C2CCc3cc(OC(=O)C(C)(C)C)ccc3C2)c(NC(C)C(=O)c2ccc(OC(C)=O)c(F)c2)c1. The lowest BCUT2D eigenvalue weighted by Crippen LogP contribution is -2.27. The molecule has 0 saturated heterocycles. The number of benzene rings is 3. The molecule has 0 spiro atoms. The van der Waals surface area contributed by atoms with E-state index in [2.05, 4.69) is 5.32 Å². The van der Waals surface area contributed by atoms with E-state index in [1.165, 1.54) is 24.6 Å². The number of ketones is 1. The van der Waals surface area contributed by atoms with Crippen molar-refractivity contribution >= 4 is 23.4 Å². The van der Waals surface area contributed by atoms with Crippen molar-refractivity contribution in [1.29, 1.82) is 0 Å². The van der Waals surface area contributed by atoms with Gasteiger partial charge in [0.05, 0.1) is 18.6 Å². The normalized spacial score (nSPS) is 15.3. The summed E-state index contributed by atoms with van der Waals surface area (Å²) in [6.45, 7) is 8.38. The number of methoxy groups -OCH3 is 1. The Balaban J connectivity index is 1.53. The number of carbonyl (C=O) groups excluding carboxylic acids is 3. The molecular weight excluding hydrogens is 525 g/mol. The number of carbonyl (C=O) groups is 3. The summed E-state index contributed by atoms with van der Waals surface area (Å²) in [4.78, 5) is 36.7. The number of hydrogen-bond acceptors (Lipinski definition) is 7. The van der Waals surface area contributed by atoms with E-state index in [0.717, 1.165) is 42.1 Å². The fourth-order valence-corrected chi connectivity index (χ4v) is 4.90. The lowest BCUT2D eigenvalue weighted by molar-refractivity contribution is -0.143. The van der Waals surface area contributed by atoms with Gasteiger partial charge in [0.1, 0.15) is 11.5 Å². The molecule has 0 saturated carbocycles. The second kappa shape index (κ2) is 12.1. The average molecular weight is 562 g/mol. The monoisotopic (exact) mass is 561 g/mol. The summed E-state index contributed by atoms with van der Waals surface area (Å²) in [5.41, 5.74) is 3.75. The third-order valence-electron chi connectivity index (χ3n) is 7.16. The quantitative estimate of drug-likeness (QED) is 0.187. The smallest absolute Gasteiger partial charge is 0.316 e. The maximum atomic E-state index is 14.4. The molecule has 1 N–H and O–H groups in total. The molecule has 216 valence electrons. The first-order valence-corrected chi connectivity index (χ1v) is 13.7. The van der Waals surface area contributed by atoms with E-state index in [-0.39, 0.29) is 29.0 Å². The van der Waals surface area contributed by atoms with Gasteiger partial charge >= 0.3 is 11.9 Å². The van der Waals surface area contributed by atoms with Crippen LogP contribution in [0, 0.1) is 11.2 Å². The summed E-state index contributed by atoms with van der Waals surface area (Å²) in [6, 6.07) is 14.7. The van der Waals surface area contributed by atoms with Gasteiger partial charge in [0.2, 0.25) is 0 Å². The standard InChI is InChI=1S/C33H36FNO6/c1-19(31(37)24-10-14-30(28(34)17-24)40-20(2)36)35-29-18-25(39-6)12-13-27(29)23-8-7-22-16-26(11-9-21(22)15-23)41-32(38)33(3,4)5/h9-14,16-19,23,35H,7-8,15H2,1-6H3. The maximum absolute atomic E-state index is 14.4. The Morgan fingerprint density at radius 1 is 0.951 bits per heavy atom. The van der Waals surface area contributed by atoms with Crippen molar-refractivity contribution in [1.82, 2.24) is 0 Å². The summed E-state index contributed by atoms with van der Waals surface area (Å²) in [5.74, 6) is -0.836. The van der Waals surface area contributed by atoms with Crippen molar-refractivity contribution in [2.24, 2.45) is 5.41 Å². The number of fused-ring (bicyclic) bond motifs is 1. The number of Topliss-reactive ketones (excluding diaryl/α,β-unsaturated/α-hetero) is 1. The third-order valence-corrected chi connectivity index (χ3v) is 7.16. The van der Waals surface area contributed by atoms with Gasteiger partial charge in [-0.15, -0.1) is 0 Å². The number of ether oxygens (including phenoxy) is 3. The molecule has 8 heteroatoms. The predicted molar refractivity (Wildman–Crippen MR) is 154 cm³/mol. The fraction of sp³-hybridized carbons (Fsp3) is 0.364. The Hall–Kier alpha value is -4.20. The number of halogens is 1. The molecule has 0 bridgehead atoms. The molecule has 0 heterocycles. The molecule has 3 aromatic carbocycles. The molecular formula is C33H36FNO6. The van der Waals surface area contributed by atoms with Crippen molar-refractivity contribution in [3.63, 3.8) is 0 Å². The van der Waals surface area contributed by atoms with Crippen molar-refractivity contribution < 1.29 is 33.0 Å². The van der Waals surface area contributed by atoms with Gasteiger partial charge in [-0.05, 0) is 106 Å². The van der Waals surface area contributed by atoms with Gasteiger partial charge in [-0.2, -0.15) is 0 Å². The van der Waals surface area contributed by atoms with Crippen LogP contribution in [-0.2, 0) is 22.4 Å². The fourth-order valence-electron chi connectivity index (χ4n) is 4.90. The van der Waals surface area contributed by atoms with Crippen LogP contribution in [0.2, 0.25) is 0 Å². The molecule has 7 nitrogen and oxygen atoms in total. The number of hydrogen-bond donors (Lipinski definition) is 1. The van der Waals surface area contributed by atoms with Crippen LogP contribution in [0.5, 0.6) is 17.2 Å². The van der Waals surface area contributed by atoms with E-state index >= 15 is 0 Å². The zero-order valence-corrected chi connectivity index (χ0v) is 24.3. The molecule has 0 aliphatic heterocycles. The number of nitrogens with one attached hydrogen (secondary N) is 1. The summed E-state index contributed by atoms with van der Waals surface area (Å²) in [7, 11) is 1.59. The van der Waals surface area contributed by atoms with Gasteiger partial charge in [-0.1, -0.05) is 12.1 Å². The van der Waals surface area contributed by atoms with Gasteiger partial charge in [-0.3, -0.25) is 14.4 Å². The molecule has 0 amide bonds. The highest BCUT2D eigenvalue weighted by Gasteiger charge is 2.27. The van der Waals surface area contributed by atoms with Crippen LogP contribution in [0.4, 0.5) is 10.1 Å². The first kappa shape index (κ1) is 29.8. The van der Waals surface area contributed by atoms with Gasteiger partial charge in [0.25, 0.3) is 0 Å². The van der Waals surface area contributed by atoms with Gasteiger partial charge in [0, 0.05) is 24.2 Å². The first-order valence-electron chi connectivity index (χ1n) is 13.7. The van der Waals surface area contributed by atoms with E-state index < -0.39 is 23.2 Å². The lowest BCUT2D eigenvalue weighted by Gasteiger charge is -2.28. The molecule has 41 heavy (non-hydrogen) atoms. The molecule has 0 aromatic heterocycles. The van der Waals surface area contributed by atoms with Crippen LogP contribution in [-0.4, -0.2) is 30.9 Å². The van der Waals surface area contributed by atoms with Crippen LogP contribution >= 0.6 is 0 Å². The van der Waals surface area contributed by atoms with E-state index in [1.807, 2.05) is 57.2 Å². The minimum absolute atomic E-state index is 0.164. The third kappa shape index (κ3) is 7.12. The van der Waals surface area contributed by atoms with Crippen LogP contribution in [0.1, 0.15) is 74.0 Å². The van der Waals surface area contributed by atoms with E-state index in [4.69, 9.17) is 14.2 Å². The van der Waals surface area contributed by atoms with Gasteiger partial charge in [0.15, 0.2) is 17.3 Å². The minimum atomic E-state index is -0.780. The average Bonchev–Trinajstić information content (AvgIpc) is 2.92. The zero-order valence-electron chi connectivity index (χ0n) is 24.3. The molecule has 2 atom stereocenters. The number of rotatable bonds is 8. The van der Waals surface area contributed by atoms with Gasteiger partial charge in [-0.25, -0.2) is 4.39 Å². The molecule has 1 aliphatic rings. The predicted octanol–water partition coefficient (Wildman–Crippen LogP) is 6.67. The molecule has 2 unspecified atom stereocenters. The molecule has 0 radical (unpaired) electrons. The van der Waals surface area contributed by atoms with Crippen LogP contribution in [0.3, 0.4) is 0 Å². The van der Waals surface area contributed by atoms with Crippen molar-refractivity contribution in [2.45, 2.75) is 65.8 Å². The van der Waals surface area contributed by atoms with Crippen LogP contribution < -0.4 is 19.5 Å². The van der Waals surface area contributed by atoms with Crippen molar-refractivity contribution in [3.8, 4) is 17.2 Å². The summed E-state index contributed by atoms with van der Waals surface area (Å²) in [5, 5.41) is 3.32. The van der Waals surface area contributed by atoms with E-state index in [9.17, 15) is 18.8 Å².